The van der Waals surface area contributed by atoms with Crippen molar-refractivity contribution in [3.8, 4) is 22.4 Å². The third-order valence-corrected chi connectivity index (χ3v) is 6.53. The summed E-state index contributed by atoms with van der Waals surface area (Å²) in [6.07, 6.45) is 1.42. The van der Waals surface area contributed by atoms with Crippen molar-refractivity contribution in [3.05, 3.63) is 90.1 Å². The maximum atomic E-state index is 8.53. The molecule has 2 aromatic heterocycles. The second-order valence-corrected chi connectivity index (χ2v) is 8.53. The molecule has 0 atom stereocenters. The fraction of sp³-hybridized carbons (Fsp3) is 0.148. The molecule has 0 spiro atoms. The Hall–Kier alpha value is -2.97. The van der Waals surface area contributed by atoms with E-state index in [1.807, 2.05) is 30.3 Å². The number of hydrogen-bond donors (Lipinski definition) is 0. The van der Waals surface area contributed by atoms with Crippen LogP contribution >= 0.6 is 11.3 Å². The Balaban J connectivity index is 1.71. The third kappa shape index (κ3) is 3.14. The summed E-state index contributed by atoms with van der Waals surface area (Å²) in [5.74, 6) is -1.06. The van der Waals surface area contributed by atoms with E-state index >= 15 is 0 Å². The van der Waals surface area contributed by atoms with E-state index in [2.05, 4.69) is 41.4 Å². The van der Waals surface area contributed by atoms with Crippen molar-refractivity contribution >= 4 is 31.5 Å². The minimum absolute atomic E-state index is 0.141. The van der Waals surface area contributed by atoms with Crippen LogP contribution in [0.2, 0.25) is 0 Å². The van der Waals surface area contributed by atoms with Gasteiger partial charge in [-0.05, 0) is 47.1 Å². The molecule has 2 heterocycles. The highest BCUT2D eigenvalue weighted by molar-refractivity contribution is 7.26. The fourth-order valence-corrected chi connectivity index (χ4v) is 5.09. The SMILES string of the molecule is [2H]C([2H])([2H])c1cnc(-c2cccc3c2sc2cc(-c4ccccc4)ccc23)cc1C([2H])(C)C. The van der Waals surface area contributed by atoms with Gasteiger partial charge in [-0.2, -0.15) is 0 Å². The van der Waals surface area contributed by atoms with E-state index in [1.165, 1.54) is 27.4 Å². The molecule has 0 bridgehead atoms. The van der Waals surface area contributed by atoms with Crippen LogP contribution in [0.25, 0.3) is 42.6 Å². The molecule has 0 aliphatic heterocycles. The van der Waals surface area contributed by atoms with Crippen LogP contribution in [-0.2, 0) is 0 Å². The number of aryl methyl sites for hydroxylation is 1. The van der Waals surface area contributed by atoms with Gasteiger partial charge >= 0.3 is 0 Å². The van der Waals surface area contributed by atoms with Crippen molar-refractivity contribution in [2.75, 3.05) is 0 Å². The van der Waals surface area contributed by atoms with Crippen LogP contribution in [-0.4, -0.2) is 4.98 Å². The Labute approximate surface area is 181 Å². The highest BCUT2D eigenvalue weighted by Crippen LogP contribution is 2.41. The molecule has 5 aromatic rings. The molecule has 0 saturated heterocycles. The lowest BCUT2D eigenvalue weighted by atomic mass is 9.97. The standard InChI is InChI=1S/C27H23NS/c1-17(2)24-15-25(28-16-18(24)3)23-11-7-10-22-21-13-12-20(14-26(21)29-27(22)23)19-8-5-4-6-9-19/h4-17H,1-3H3/i3D3,17D. The second kappa shape index (κ2) is 7.13. The molecule has 142 valence electrons. The van der Waals surface area contributed by atoms with E-state index in [1.54, 1.807) is 31.3 Å². The first kappa shape index (κ1) is 14.1. The minimum Gasteiger partial charge on any atom is -0.256 e. The smallest absolute Gasteiger partial charge is 0.0719 e. The molecule has 0 amide bonds. The Morgan fingerprint density at radius 1 is 0.897 bits per heavy atom. The van der Waals surface area contributed by atoms with Crippen LogP contribution in [0.15, 0.2) is 79.0 Å². The number of aromatic nitrogens is 1. The van der Waals surface area contributed by atoms with Gasteiger partial charge in [0, 0.05) is 37.4 Å². The molecule has 5 rings (SSSR count). The van der Waals surface area contributed by atoms with E-state index in [0.29, 0.717) is 11.3 Å². The van der Waals surface area contributed by atoms with Crippen LogP contribution in [0.1, 0.15) is 36.4 Å². The Morgan fingerprint density at radius 2 is 1.76 bits per heavy atom. The molecule has 0 saturated carbocycles. The first-order chi connectivity index (χ1) is 15.6. The lowest BCUT2D eigenvalue weighted by Crippen LogP contribution is -1.95. The zero-order valence-electron chi connectivity index (χ0n) is 20.4. The summed E-state index contributed by atoms with van der Waals surface area (Å²) in [7, 11) is 0. The normalized spacial score (nSPS) is 14.4. The summed E-state index contributed by atoms with van der Waals surface area (Å²) < 4.78 is 34.5. The molecule has 1 nitrogen and oxygen atoms in total. The summed E-state index contributed by atoms with van der Waals surface area (Å²) >= 11 is 1.72. The maximum Gasteiger partial charge on any atom is 0.0719 e. The third-order valence-electron chi connectivity index (χ3n) is 5.32. The van der Waals surface area contributed by atoms with Crippen molar-refractivity contribution in [2.45, 2.75) is 26.6 Å². The van der Waals surface area contributed by atoms with Gasteiger partial charge in [0.25, 0.3) is 0 Å². The van der Waals surface area contributed by atoms with Crippen molar-refractivity contribution in [2.24, 2.45) is 0 Å². The van der Waals surface area contributed by atoms with Gasteiger partial charge in [0.1, 0.15) is 0 Å². The predicted octanol–water partition coefficient (Wildman–Crippen LogP) is 8.22. The fourth-order valence-electron chi connectivity index (χ4n) is 3.83. The molecule has 0 unspecified atom stereocenters. The van der Waals surface area contributed by atoms with E-state index in [0.717, 1.165) is 15.6 Å². The van der Waals surface area contributed by atoms with Crippen molar-refractivity contribution in [1.82, 2.24) is 4.98 Å². The molecule has 0 N–H and O–H groups in total. The second-order valence-electron chi connectivity index (χ2n) is 7.48. The van der Waals surface area contributed by atoms with Crippen LogP contribution in [0.4, 0.5) is 0 Å². The average molecular weight is 398 g/mol. The topological polar surface area (TPSA) is 12.9 Å². The van der Waals surface area contributed by atoms with E-state index in [4.69, 9.17) is 5.48 Å². The van der Waals surface area contributed by atoms with Crippen molar-refractivity contribution < 1.29 is 5.48 Å². The quantitative estimate of drug-likeness (QED) is 0.299. The Bertz CT molecular complexity index is 1480. The number of thiophene rings is 1. The molecule has 29 heavy (non-hydrogen) atoms. The lowest BCUT2D eigenvalue weighted by Gasteiger charge is -2.11. The summed E-state index contributed by atoms with van der Waals surface area (Å²) in [4.78, 5) is 4.54. The zero-order valence-corrected chi connectivity index (χ0v) is 17.2. The summed E-state index contributed by atoms with van der Waals surface area (Å²) in [6, 6.07) is 24.8. The van der Waals surface area contributed by atoms with Gasteiger partial charge in [-0.25, -0.2) is 0 Å². The molecule has 2 heteroatoms. The summed E-state index contributed by atoms with van der Waals surface area (Å²) in [6.45, 7) is 1.12. The van der Waals surface area contributed by atoms with Gasteiger partial charge in [-0.15, -0.1) is 11.3 Å². The molecule has 0 radical (unpaired) electrons. The summed E-state index contributed by atoms with van der Waals surface area (Å²) in [5, 5.41) is 2.34. The van der Waals surface area contributed by atoms with E-state index in [-0.39, 0.29) is 5.56 Å². The predicted molar refractivity (Wildman–Crippen MR) is 127 cm³/mol. The largest absolute Gasteiger partial charge is 0.256 e. The van der Waals surface area contributed by atoms with Gasteiger partial charge in [0.05, 0.1) is 5.69 Å². The number of rotatable bonds is 3. The van der Waals surface area contributed by atoms with Crippen LogP contribution in [0.5, 0.6) is 0 Å². The van der Waals surface area contributed by atoms with Crippen molar-refractivity contribution in [1.29, 1.82) is 0 Å². The Kier molecular flexibility index (Phi) is 3.46. The molecule has 3 aromatic carbocycles. The van der Waals surface area contributed by atoms with Crippen LogP contribution < -0.4 is 0 Å². The van der Waals surface area contributed by atoms with Crippen LogP contribution in [0, 0.1) is 6.85 Å². The van der Waals surface area contributed by atoms with Gasteiger partial charge in [-0.1, -0.05) is 74.5 Å². The lowest BCUT2D eigenvalue weighted by molar-refractivity contribution is 0.852. The molecule has 0 fully saturated rings. The Morgan fingerprint density at radius 3 is 2.55 bits per heavy atom. The number of fused-ring (bicyclic) bond motifs is 3. The average Bonchev–Trinajstić information content (AvgIpc) is 3.16. The van der Waals surface area contributed by atoms with Gasteiger partial charge in [0.15, 0.2) is 0 Å². The molecular formula is C27H23NS. The molecule has 0 aliphatic carbocycles. The zero-order chi connectivity index (χ0) is 23.4. The van der Waals surface area contributed by atoms with E-state index < -0.39 is 12.7 Å². The number of nitrogens with zero attached hydrogens (tertiary/aromatic N) is 1. The molecule has 0 aliphatic rings. The summed E-state index contributed by atoms with van der Waals surface area (Å²) in [5.41, 5.74) is 4.63. The van der Waals surface area contributed by atoms with E-state index in [9.17, 15) is 0 Å². The number of hydrogen-bond acceptors (Lipinski definition) is 2. The van der Waals surface area contributed by atoms with Gasteiger partial charge in [-0.3, -0.25) is 4.98 Å². The number of benzene rings is 3. The monoisotopic (exact) mass is 397 g/mol. The number of pyridine rings is 1. The highest BCUT2D eigenvalue weighted by Gasteiger charge is 2.14. The first-order valence-corrected chi connectivity index (χ1v) is 10.5. The maximum absolute atomic E-state index is 8.53. The first-order valence-electron chi connectivity index (χ1n) is 11.6. The van der Waals surface area contributed by atoms with Crippen LogP contribution in [0.3, 0.4) is 0 Å². The minimum atomic E-state index is -2.31. The molecular weight excluding hydrogens is 370 g/mol. The van der Waals surface area contributed by atoms with Gasteiger partial charge in [0.2, 0.25) is 0 Å². The van der Waals surface area contributed by atoms with Gasteiger partial charge < -0.3 is 0 Å². The highest BCUT2D eigenvalue weighted by atomic mass is 32.1. The van der Waals surface area contributed by atoms with Crippen molar-refractivity contribution in [3.63, 3.8) is 0 Å².